The Morgan fingerprint density at radius 3 is 2.65 bits per heavy atom. The molecule has 0 atom stereocenters. The monoisotopic (exact) mass is 314 g/mol. The van der Waals surface area contributed by atoms with E-state index >= 15 is 0 Å². The first-order valence-corrected chi connectivity index (χ1v) is 7.02. The second kappa shape index (κ2) is 6.37. The van der Waals surface area contributed by atoms with Gasteiger partial charge >= 0.3 is 0 Å². The molecule has 0 aliphatic heterocycles. The lowest BCUT2D eigenvalue weighted by Crippen LogP contribution is -2.05. The fourth-order valence-corrected chi connectivity index (χ4v) is 2.39. The third-order valence-electron chi connectivity index (χ3n) is 3.04. The summed E-state index contributed by atoms with van der Waals surface area (Å²) in [6.07, 6.45) is 0. The third-order valence-corrected chi connectivity index (χ3v) is 3.82. The molecular weight excluding hydrogens is 299 g/mol. The Kier molecular flexibility index (Phi) is 4.78. The Morgan fingerprint density at radius 1 is 1.35 bits per heavy atom. The first kappa shape index (κ1) is 15.0. The van der Waals surface area contributed by atoms with Gasteiger partial charge in [-0.25, -0.2) is 0 Å². The Balaban J connectivity index is 2.26. The van der Waals surface area contributed by atoms with E-state index in [4.69, 9.17) is 32.7 Å². The second-order valence-electron chi connectivity index (χ2n) is 4.34. The lowest BCUT2D eigenvalue weighted by molar-refractivity contribution is 0.273. The van der Waals surface area contributed by atoms with Gasteiger partial charge in [0.05, 0.1) is 29.4 Å². The highest BCUT2D eigenvalue weighted by molar-refractivity contribution is 6.31. The molecule has 1 aromatic carbocycles. The van der Waals surface area contributed by atoms with Gasteiger partial charge in [-0.1, -0.05) is 23.7 Å². The predicted molar refractivity (Wildman–Crippen MR) is 79.8 cm³/mol. The summed E-state index contributed by atoms with van der Waals surface area (Å²) in [6.45, 7) is 2.17. The minimum atomic E-state index is 0.306. The second-order valence-corrected chi connectivity index (χ2v) is 4.99. The molecule has 0 fully saturated rings. The number of aryl methyl sites for hydroxylation is 2. The van der Waals surface area contributed by atoms with E-state index in [1.54, 1.807) is 11.8 Å². The summed E-state index contributed by atoms with van der Waals surface area (Å²) in [6, 6.07) is 5.62. The Labute approximate surface area is 128 Å². The molecule has 0 amide bonds. The molecule has 1 aromatic heterocycles. The van der Waals surface area contributed by atoms with Crippen LogP contribution < -0.4 is 9.47 Å². The average molecular weight is 315 g/mol. The summed E-state index contributed by atoms with van der Waals surface area (Å²) >= 11 is 12.1. The Morgan fingerprint density at radius 2 is 2.10 bits per heavy atom. The van der Waals surface area contributed by atoms with Crippen LogP contribution >= 0.6 is 23.2 Å². The van der Waals surface area contributed by atoms with Crippen LogP contribution in [0.3, 0.4) is 0 Å². The fourth-order valence-electron chi connectivity index (χ4n) is 1.97. The van der Waals surface area contributed by atoms with Crippen LogP contribution in [0.25, 0.3) is 0 Å². The van der Waals surface area contributed by atoms with Gasteiger partial charge in [-0.05, 0) is 13.0 Å². The molecule has 0 saturated heterocycles. The van der Waals surface area contributed by atoms with Crippen molar-refractivity contribution in [1.29, 1.82) is 0 Å². The van der Waals surface area contributed by atoms with Crippen LogP contribution in [0.5, 0.6) is 11.5 Å². The first-order chi connectivity index (χ1) is 9.58. The first-order valence-electron chi connectivity index (χ1n) is 6.11. The van der Waals surface area contributed by atoms with Crippen molar-refractivity contribution in [2.24, 2.45) is 7.05 Å². The van der Waals surface area contributed by atoms with Gasteiger partial charge < -0.3 is 9.47 Å². The standard InChI is InChI=1S/C14H16Cl2N2O2/c1-9-13(16)11(18(2)17-9)8-20-14-10(7-15)5-4-6-12(14)19-3/h4-6H,7-8H2,1-3H3. The van der Waals surface area contributed by atoms with E-state index in [9.17, 15) is 0 Å². The van der Waals surface area contributed by atoms with Crippen molar-refractivity contribution in [3.05, 3.63) is 40.2 Å². The molecule has 0 bridgehead atoms. The third kappa shape index (κ3) is 2.86. The van der Waals surface area contributed by atoms with Crippen LogP contribution in [0.1, 0.15) is 17.0 Å². The van der Waals surface area contributed by atoms with E-state index < -0.39 is 0 Å². The van der Waals surface area contributed by atoms with Gasteiger partial charge in [-0.2, -0.15) is 5.10 Å². The van der Waals surface area contributed by atoms with E-state index in [-0.39, 0.29) is 0 Å². The number of alkyl halides is 1. The highest BCUT2D eigenvalue weighted by Crippen LogP contribution is 2.33. The number of hydrogen-bond donors (Lipinski definition) is 0. The molecular formula is C14H16Cl2N2O2. The van der Waals surface area contributed by atoms with E-state index in [0.29, 0.717) is 29.0 Å². The number of ether oxygens (including phenoxy) is 2. The molecule has 20 heavy (non-hydrogen) atoms. The van der Waals surface area contributed by atoms with Crippen molar-refractivity contribution in [1.82, 2.24) is 9.78 Å². The molecule has 0 spiro atoms. The average Bonchev–Trinajstić information content (AvgIpc) is 2.69. The maximum atomic E-state index is 6.21. The summed E-state index contributed by atoms with van der Waals surface area (Å²) in [5, 5.41) is 4.88. The molecule has 0 aliphatic rings. The quantitative estimate of drug-likeness (QED) is 0.789. The largest absolute Gasteiger partial charge is 0.493 e. The molecule has 4 nitrogen and oxygen atoms in total. The number of para-hydroxylation sites is 1. The van der Waals surface area contributed by atoms with Crippen molar-refractivity contribution in [2.45, 2.75) is 19.4 Å². The van der Waals surface area contributed by atoms with Crippen molar-refractivity contribution in [2.75, 3.05) is 7.11 Å². The van der Waals surface area contributed by atoms with Gasteiger partial charge in [-0.15, -0.1) is 11.6 Å². The Bertz CT molecular complexity index is 589. The minimum absolute atomic E-state index is 0.306. The van der Waals surface area contributed by atoms with Gasteiger partial charge in [0, 0.05) is 12.6 Å². The van der Waals surface area contributed by atoms with Crippen LogP contribution in [0.2, 0.25) is 5.02 Å². The summed E-state index contributed by atoms with van der Waals surface area (Å²) in [7, 11) is 3.43. The molecule has 0 aliphatic carbocycles. The van der Waals surface area contributed by atoms with Crippen LogP contribution in [0.15, 0.2) is 18.2 Å². The van der Waals surface area contributed by atoms with Crippen molar-refractivity contribution >= 4 is 23.2 Å². The van der Waals surface area contributed by atoms with Gasteiger partial charge in [0.2, 0.25) is 0 Å². The van der Waals surface area contributed by atoms with E-state index in [2.05, 4.69) is 5.10 Å². The number of aromatic nitrogens is 2. The van der Waals surface area contributed by atoms with E-state index in [0.717, 1.165) is 17.0 Å². The molecule has 0 unspecified atom stereocenters. The molecule has 108 valence electrons. The van der Waals surface area contributed by atoms with Crippen molar-refractivity contribution in [3.8, 4) is 11.5 Å². The predicted octanol–water partition coefficient (Wildman–Crippen LogP) is 3.71. The summed E-state index contributed by atoms with van der Waals surface area (Å²) in [4.78, 5) is 0. The Hall–Kier alpha value is -1.39. The number of hydrogen-bond acceptors (Lipinski definition) is 3. The SMILES string of the molecule is COc1cccc(CCl)c1OCc1c(Cl)c(C)nn1C. The molecule has 0 radical (unpaired) electrons. The van der Waals surface area contributed by atoms with Gasteiger partial charge in [0.1, 0.15) is 6.61 Å². The van der Waals surface area contributed by atoms with Crippen molar-refractivity contribution in [3.63, 3.8) is 0 Å². The zero-order chi connectivity index (χ0) is 14.7. The lowest BCUT2D eigenvalue weighted by atomic mass is 10.2. The maximum Gasteiger partial charge on any atom is 0.166 e. The molecule has 0 saturated carbocycles. The summed E-state index contributed by atoms with van der Waals surface area (Å²) < 4.78 is 12.9. The fraction of sp³-hybridized carbons (Fsp3) is 0.357. The van der Waals surface area contributed by atoms with Crippen LogP contribution in [0.4, 0.5) is 0 Å². The van der Waals surface area contributed by atoms with Crippen LogP contribution in [0, 0.1) is 6.92 Å². The maximum absolute atomic E-state index is 6.21. The highest BCUT2D eigenvalue weighted by atomic mass is 35.5. The van der Waals surface area contributed by atoms with E-state index in [1.165, 1.54) is 0 Å². The molecule has 2 rings (SSSR count). The molecule has 0 N–H and O–H groups in total. The van der Waals surface area contributed by atoms with Crippen LogP contribution in [-0.4, -0.2) is 16.9 Å². The number of nitrogens with zero attached hydrogens (tertiary/aromatic N) is 2. The number of halogens is 2. The molecule has 1 heterocycles. The van der Waals surface area contributed by atoms with Gasteiger partial charge in [0.15, 0.2) is 11.5 Å². The summed E-state index contributed by atoms with van der Waals surface area (Å²) in [5.41, 5.74) is 2.47. The lowest BCUT2D eigenvalue weighted by Gasteiger charge is -2.14. The normalized spacial score (nSPS) is 10.7. The summed E-state index contributed by atoms with van der Waals surface area (Å²) in [5.74, 6) is 1.64. The van der Waals surface area contributed by atoms with Gasteiger partial charge in [-0.3, -0.25) is 4.68 Å². The smallest absolute Gasteiger partial charge is 0.166 e. The molecule has 6 heteroatoms. The molecule has 2 aromatic rings. The minimum Gasteiger partial charge on any atom is -0.493 e. The number of rotatable bonds is 5. The topological polar surface area (TPSA) is 36.3 Å². The van der Waals surface area contributed by atoms with Crippen LogP contribution in [-0.2, 0) is 19.5 Å². The van der Waals surface area contributed by atoms with Crippen molar-refractivity contribution < 1.29 is 9.47 Å². The zero-order valence-electron chi connectivity index (χ0n) is 11.6. The van der Waals surface area contributed by atoms with Gasteiger partial charge in [0.25, 0.3) is 0 Å². The van der Waals surface area contributed by atoms with E-state index in [1.807, 2.05) is 32.2 Å². The zero-order valence-corrected chi connectivity index (χ0v) is 13.1. The highest BCUT2D eigenvalue weighted by Gasteiger charge is 2.15. The number of methoxy groups -OCH3 is 1. The number of benzene rings is 1.